The van der Waals surface area contributed by atoms with Crippen molar-refractivity contribution in [1.29, 1.82) is 0 Å². The molecular weight excluding hydrogens is 316 g/mol. The van der Waals surface area contributed by atoms with E-state index < -0.39 is 32.8 Å². The zero-order valence-electron chi connectivity index (χ0n) is 8.90. The minimum absolute atomic E-state index is 0.0600. The molecule has 0 aromatic carbocycles. The van der Waals surface area contributed by atoms with Crippen LogP contribution in [0.4, 0.5) is 13.2 Å². The van der Waals surface area contributed by atoms with E-state index in [0.717, 1.165) is 19.3 Å². The third-order valence-corrected chi connectivity index (χ3v) is 5.53. The number of rotatable bonds is 8. The molecule has 2 nitrogen and oxygen atoms in total. The van der Waals surface area contributed by atoms with E-state index in [0.29, 0.717) is 6.61 Å². The third kappa shape index (κ3) is 12.3. The summed E-state index contributed by atoms with van der Waals surface area (Å²) in [7, 11) is 0. The second kappa shape index (κ2) is 8.49. The van der Waals surface area contributed by atoms with E-state index in [1.165, 1.54) is 0 Å². The quantitative estimate of drug-likeness (QED) is 0.502. The molecule has 0 saturated carbocycles. The molecule has 6 heteroatoms. The normalized spacial score (nSPS) is 11.7. The van der Waals surface area contributed by atoms with Crippen molar-refractivity contribution in [3.05, 3.63) is 0 Å². The zero-order chi connectivity index (χ0) is 11.7. The van der Waals surface area contributed by atoms with Crippen LogP contribution < -0.4 is 0 Å². The number of hydrogen-bond acceptors (Lipinski definition) is 2. The van der Waals surface area contributed by atoms with E-state index in [1.807, 2.05) is 6.92 Å². The van der Waals surface area contributed by atoms with Gasteiger partial charge in [-0.05, 0) is 0 Å². The average Bonchev–Trinajstić information content (AvgIpc) is 2.10. The first-order chi connectivity index (χ1) is 6.95. The van der Waals surface area contributed by atoms with Crippen LogP contribution in [-0.4, -0.2) is 32.9 Å². The first-order valence-corrected chi connectivity index (χ1v) is 9.53. The van der Waals surface area contributed by atoms with Crippen LogP contribution in [0.3, 0.4) is 0 Å². The van der Waals surface area contributed by atoms with Gasteiger partial charge < -0.3 is 0 Å². The second-order valence-electron chi connectivity index (χ2n) is 3.40. The molecule has 0 amide bonds. The molecular formula is C9H17F3O2Sn. The van der Waals surface area contributed by atoms with Crippen LogP contribution in [0.15, 0.2) is 0 Å². The maximum atomic E-state index is 11.7. The van der Waals surface area contributed by atoms with Crippen LogP contribution in [0.2, 0.25) is 4.44 Å². The Morgan fingerprint density at radius 1 is 1.20 bits per heavy atom. The molecule has 0 unspecified atom stereocenters. The van der Waals surface area contributed by atoms with Crippen LogP contribution in [0, 0.1) is 0 Å². The van der Waals surface area contributed by atoms with Crippen LogP contribution in [-0.2, 0) is 6.15 Å². The Morgan fingerprint density at radius 3 is 2.40 bits per heavy atom. The summed E-state index contributed by atoms with van der Waals surface area (Å²) in [5.41, 5.74) is 0. The Balaban J connectivity index is 3.34. The van der Waals surface area contributed by atoms with Gasteiger partial charge in [-0.2, -0.15) is 0 Å². The summed E-state index contributed by atoms with van der Waals surface area (Å²) < 4.78 is 51.6. The fourth-order valence-corrected chi connectivity index (χ4v) is 3.85. The maximum absolute atomic E-state index is 11.7. The molecule has 0 aromatic heterocycles. The van der Waals surface area contributed by atoms with Gasteiger partial charge in [0.15, 0.2) is 0 Å². The van der Waals surface area contributed by atoms with E-state index in [-0.39, 0.29) is 10.9 Å². The molecule has 0 aromatic rings. The van der Waals surface area contributed by atoms with E-state index in [1.54, 1.807) is 0 Å². The summed E-state index contributed by atoms with van der Waals surface area (Å²) in [5.74, 6) is 0. The Morgan fingerprint density at radius 2 is 1.87 bits per heavy atom. The first-order valence-electron chi connectivity index (χ1n) is 5.18. The summed E-state index contributed by atoms with van der Waals surface area (Å²) in [6.07, 6.45) is -2.13. The van der Waals surface area contributed by atoms with Crippen molar-refractivity contribution in [2.24, 2.45) is 0 Å². The topological polar surface area (TPSA) is 26.3 Å². The van der Waals surface area contributed by atoms with Crippen LogP contribution in [0.1, 0.15) is 39.0 Å². The van der Waals surface area contributed by atoms with Gasteiger partial charge in [-0.15, -0.1) is 0 Å². The molecule has 0 saturated heterocycles. The summed E-state index contributed by atoms with van der Waals surface area (Å²) in [6.45, 7) is 2.48. The molecule has 0 heterocycles. The van der Waals surface area contributed by atoms with Gasteiger partial charge in [0.2, 0.25) is 0 Å². The summed E-state index contributed by atoms with van der Waals surface area (Å²) in [5, 5.41) is 0. The molecule has 0 spiro atoms. The summed E-state index contributed by atoms with van der Waals surface area (Å²) in [4.78, 5) is 0. The molecule has 0 aliphatic rings. The number of unbranched alkanes of at least 4 members (excludes halogenated alkanes) is 2. The Hall–Kier alpha value is 0.349. The van der Waals surface area contributed by atoms with Gasteiger partial charge in [0, 0.05) is 0 Å². The standard InChI is InChI=1S/C5H11O.C4H6F3.O.Sn/c1-2-3-4-5-6;1-2-3-4(5,6)7;;/h2-5H2,1H3;1-3H2;;/q-1;;;+1. The van der Waals surface area contributed by atoms with E-state index >= 15 is 0 Å². The van der Waals surface area contributed by atoms with Crippen molar-refractivity contribution < 1.29 is 19.3 Å². The van der Waals surface area contributed by atoms with Gasteiger partial charge >= 0.3 is 95.7 Å². The van der Waals surface area contributed by atoms with Gasteiger partial charge in [0.25, 0.3) is 0 Å². The second-order valence-corrected chi connectivity index (χ2v) is 7.77. The number of halogens is 3. The first kappa shape index (κ1) is 15.3. The average molecular weight is 333 g/mol. The van der Waals surface area contributed by atoms with Crippen molar-refractivity contribution in [2.75, 3.05) is 6.61 Å². The van der Waals surface area contributed by atoms with Crippen molar-refractivity contribution in [3.8, 4) is 0 Å². The van der Waals surface area contributed by atoms with Crippen molar-refractivity contribution in [3.63, 3.8) is 0 Å². The molecule has 0 aliphatic heterocycles. The minimum atomic E-state index is -4.13. The fraction of sp³-hybridized carbons (Fsp3) is 1.00. The Labute approximate surface area is 95.8 Å². The molecule has 15 heavy (non-hydrogen) atoms. The molecule has 90 valence electrons. The predicted molar refractivity (Wildman–Crippen MR) is 52.0 cm³/mol. The zero-order valence-corrected chi connectivity index (χ0v) is 11.8. The SMILES string of the molecule is CCCCC[O][Sn](=[O])[CH2]CCC(F)(F)F. The summed E-state index contributed by atoms with van der Waals surface area (Å²) in [6, 6.07) is 0. The van der Waals surface area contributed by atoms with Gasteiger partial charge in [-0.3, -0.25) is 0 Å². The third-order valence-electron chi connectivity index (χ3n) is 1.85. The van der Waals surface area contributed by atoms with E-state index in [4.69, 9.17) is 3.07 Å². The van der Waals surface area contributed by atoms with Crippen LogP contribution in [0.5, 0.6) is 0 Å². The number of hydrogen-bond donors (Lipinski definition) is 0. The van der Waals surface area contributed by atoms with Crippen LogP contribution in [0.25, 0.3) is 0 Å². The molecule has 0 atom stereocenters. The van der Waals surface area contributed by atoms with Gasteiger partial charge in [0.1, 0.15) is 0 Å². The monoisotopic (exact) mass is 334 g/mol. The molecule has 0 fully saturated rings. The van der Waals surface area contributed by atoms with Gasteiger partial charge in [-0.1, -0.05) is 0 Å². The fourth-order valence-electron chi connectivity index (χ4n) is 1.04. The molecule has 0 aliphatic carbocycles. The number of alkyl halides is 3. The Kier molecular flexibility index (Phi) is 8.69. The molecule has 0 N–H and O–H groups in total. The van der Waals surface area contributed by atoms with Gasteiger partial charge in [0.05, 0.1) is 0 Å². The van der Waals surface area contributed by atoms with Crippen LogP contribution >= 0.6 is 0 Å². The summed E-state index contributed by atoms with van der Waals surface area (Å²) >= 11 is -3.12. The van der Waals surface area contributed by atoms with E-state index in [2.05, 4.69) is 0 Å². The van der Waals surface area contributed by atoms with Crippen molar-refractivity contribution >= 4 is 20.2 Å². The van der Waals surface area contributed by atoms with Crippen molar-refractivity contribution in [2.45, 2.75) is 49.6 Å². The van der Waals surface area contributed by atoms with Crippen molar-refractivity contribution in [1.82, 2.24) is 0 Å². The van der Waals surface area contributed by atoms with E-state index in [9.17, 15) is 16.2 Å². The molecule has 0 bridgehead atoms. The molecule has 0 rings (SSSR count). The predicted octanol–water partition coefficient (Wildman–Crippen LogP) is 3.45. The van der Waals surface area contributed by atoms with Gasteiger partial charge in [-0.25, -0.2) is 0 Å². The Bertz CT molecular complexity index is 183. The molecule has 0 radical (unpaired) electrons.